The maximum Gasteiger partial charge on any atom is 0.228 e. The average Bonchev–Trinajstić information content (AvgIpc) is 3.02. The van der Waals surface area contributed by atoms with Crippen LogP contribution in [0.4, 0.5) is 5.69 Å². The predicted octanol–water partition coefficient (Wildman–Crippen LogP) is 2.51. The zero-order chi connectivity index (χ0) is 14.8. The lowest BCUT2D eigenvalue weighted by Gasteiger charge is -2.30. The molecule has 4 nitrogen and oxygen atoms in total. The number of nitrogens with zero attached hydrogens (tertiary/aromatic N) is 1. The number of benzene rings is 1. The molecule has 5 heteroatoms. The molecule has 0 aliphatic carbocycles. The molecule has 0 saturated heterocycles. The summed E-state index contributed by atoms with van der Waals surface area (Å²) < 4.78 is 0. The Balaban J connectivity index is 1.80. The van der Waals surface area contributed by atoms with E-state index in [0.717, 1.165) is 16.8 Å². The Morgan fingerprint density at radius 1 is 1.38 bits per heavy atom. The molecule has 21 heavy (non-hydrogen) atoms. The number of carbonyl (C=O) groups excluding carboxylic acids is 2. The molecule has 0 radical (unpaired) electrons. The van der Waals surface area contributed by atoms with Gasteiger partial charge in [0.25, 0.3) is 0 Å². The van der Waals surface area contributed by atoms with Gasteiger partial charge < -0.3 is 10.2 Å². The third-order valence-corrected chi connectivity index (χ3v) is 4.52. The van der Waals surface area contributed by atoms with Crippen LogP contribution in [0.3, 0.4) is 0 Å². The van der Waals surface area contributed by atoms with Crippen molar-refractivity contribution >= 4 is 28.8 Å². The highest BCUT2D eigenvalue weighted by Gasteiger charge is 2.33. The number of hydrogen-bond donors (Lipinski definition) is 1. The molecule has 0 fully saturated rings. The van der Waals surface area contributed by atoms with Crippen molar-refractivity contribution in [1.29, 1.82) is 0 Å². The molecule has 1 aromatic carbocycles. The zero-order valence-corrected chi connectivity index (χ0v) is 12.5. The van der Waals surface area contributed by atoms with Crippen molar-refractivity contribution in [3.63, 3.8) is 0 Å². The molecule has 0 saturated carbocycles. The normalized spacial score (nSPS) is 17.5. The lowest BCUT2D eigenvalue weighted by Crippen LogP contribution is -2.39. The molecule has 1 aliphatic rings. The minimum atomic E-state index is -0.400. The Morgan fingerprint density at radius 2 is 2.19 bits per heavy atom. The molecule has 1 aliphatic heterocycles. The van der Waals surface area contributed by atoms with E-state index in [2.05, 4.69) is 5.32 Å². The largest absolute Gasteiger partial charge is 0.351 e. The Labute approximate surface area is 127 Å². The summed E-state index contributed by atoms with van der Waals surface area (Å²) in [4.78, 5) is 26.1. The van der Waals surface area contributed by atoms with E-state index in [0.29, 0.717) is 6.54 Å². The molecule has 0 spiro atoms. The van der Waals surface area contributed by atoms with E-state index in [1.54, 1.807) is 23.3 Å². The van der Waals surface area contributed by atoms with Gasteiger partial charge in [-0.2, -0.15) is 11.3 Å². The van der Waals surface area contributed by atoms with Crippen LogP contribution < -0.4 is 10.2 Å². The lowest BCUT2D eigenvalue weighted by atomic mass is 9.89. The molecule has 3 rings (SSSR count). The highest BCUT2D eigenvalue weighted by Crippen LogP contribution is 2.35. The summed E-state index contributed by atoms with van der Waals surface area (Å²) in [7, 11) is 1.75. The molecule has 2 heterocycles. The van der Waals surface area contributed by atoms with Crippen molar-refractivity contribution in [3.05, 3.63) is 52.2 Å². The number of rotatable bonds is 3. The third kappa shape index (κ3) is 2.69. The molecular formula is C16H16N2O2S. The van der Waals surface area contributed by atoms with Gasteiger partial charge in [0.1, 0.15) is 0 Å². The van der Waals surface area contributed by atoms with Gasteiger partial charge in [-0.1, -0.05) is 18.2 Å². The van der Waals surface area contributed by atoms with Gasteiger partial charge in [0.15, 0.2) is 0 Å². The summed E-state index contributed by atoms with van der Waals surface area (Å²) >= 11 is 1.60. The molecule has 1 aromatic heterocycles. The SMILES string of the molecule is CN1C(=O)C[C@@H](C(=O)NCc2ccsc2)c2ccccc21. The first-order valence-electron chi connectivity index (χ1n) is 6.81. The third-order valence-electron chi connectivity index (χ3n) is 3.79. The van der Waals surface area contributed by atoms with E-state index < -0.39 is 5.92 Å². The summed E-state index contributed by atoms with van der Waals surface area (Å²) in [6, 6.07) is 9.58. The van der Waals surface area contributed by atoms with E-state index in [1.165, 1.54) is 0 Å². The standard InChI is InChI=1S/C16H16N2O2S/c1-18-14-5-3-2-4-12(14)13(8-15(18)19)16(20)17-9-11-6-7-21-10-11/h2-7,10,13H,8-9H2,1H3,(H,17,20)/t13-/m1/s1. The van der Waals surface area contributed by atoms with Crippen LogP contribution in [0.1, 0.15) is 23.5 Å². The summed E-state index contributed by atoms with van der Waals surface area (Å²) in [5, 5.41) is 6.92. The van der Waals surface area contributed by atoms with Crippen molar-refractivity contribution in [1.82, 2.24) is 5.32 Å². The van der Waals surface area contributed by atoms with Gasteiger partial charge in [0.05, 0.1) is 5.92 Å². The maximum absolute atomic E-state index is 12.4. The van der Waals surface area contributed by atoms with E-state index in [9.17, 15) is 9.59 Å². The van der Waals surface area contributed by atoms with Crippen LogP contribution in [-0.4, -0.2) is 18.9 Å². The molecule has 108 valence electrons. The fourth-order valence-corrected chi connectivity index (χ4v) is 3.25. The molecule has 0 unspecified atom stereocenters. The maximum atomic E-state index is 12.4. The Hall–Kier alpha value is -2.14. The number of para-hydroxylation sites is 1. The van der Waals surface area contributed by atoms with E-state index in [1.807, 2.05) is 41.1 Å². The average molecular weight is 300 g/mol. The predicted molar refractivity (Wildman–Crippen MR) is 83.4 cm³/mol. The van der Waals surface area contributed by atoms with Crippen LogP contribution in [-0.2, 0) is 16.1 Å². The quantitative estimate of drug-likeness (QED) is 0.947. The van der Waals surface area contributed by atoms with Crippen LogP contribution in [0.15, 0.2) is 41.1 Å². The Kier molecular flexibility index (Phi) is 3.75. The van der Waals surface area contributed by atoms with Gasteiger partial charge >= 0.3 is 0 Å². The zero-order valence-electron chi connectivity index (χ0n) is 11.7. The fraction of sp³-hybridized carbons (Fsp3) is 0.250. The first-order chi connectivity index (χ1) is 10.2. The molecule has 1 N–H and O–H groups in total. The molecule has 2 aromatic rings. The van der Waals surface area contributed by atoms with Gasteiger partial charge in [-0.3, -0.25) is 9.59 Å². The smallest absolute Gasteiger partial charge is 0.228 e. The molecule has 0 bridgehead atoms. The topological polar surface area (TPSA) is 49.4 Å². The second-order valence-electron chi connectivity index (χ2n) is 5.12. The second-order valence-corrected chi connectivity index (χ2v) is 5.90. The highest BCUT2D eigenvalue weighted by atomic mass is 32.1. The second kappa shape index (κ2) is 5.69. The number of nitrogens with one attached hydrogen (secondary N) is 1. The highest BCUT2D eigenvalue weighted by molar-refractivity contribution is 7.07. The number of hydrogen-bond acceptors (Lipinski definition) is 3. The van der Waals surface area contributed by atoms with Gasteiger partial charge in [0.2, 0.25) is 11.8 Å². The first-order valence-corrected chi connectivity index (χ1v) is 7.75. The van der Waals surface area contributed by atoms with Crippen molar-refractivity contribution < 1.29 is 9.59 Å². The van der Waals surface area contributed by atoms with Gasteiger partial charge in [-0.05, 0) is 34.0 Å². The molecular weight excluding hydrogens is 284 g/mol. The molecule has 2 amide bonds. The monoisotopic (exact) mass is 300 g/mol. The number of carbonyl (C=O) groups is 2. The Bertz CT molecular complexity index is 667. The van der Waals surface area contributed by atoms with Crippen LogP contribution >= 0.6 is 11.3 Å². The minimum absolute atomic E-state index is 0.0237. The van der Waals surface area contributed by atoms with Gasteiger partial charge in [-0.25, -0.2) is 0 Å². The minimum Gasteiger partial charge on any atom is -0.351 e. The van der Waals surface area contributed by atoms with Crippen molar-refractivity contribution in [2.75, 3.05) is 11.9 Å². The number of anilines is 1. The van der Waals surface area contributed by atoms with Crippen LogP contribution in [0, 0.1) is 0 Å². The van der Waals surface area contributed by atoms with Crippen molar-refractivity contribution in [3.8, 4) is 0 Å². The van der Waals surface area contributed by atoms with Crippen LogP contribution in [0.2, 0.25) is 0 Å². The summed E-state index contributed by atoms with van der Waals surface area (Å²) in [5.41, 5.74) is 2.83. The van der Waals surface area contributed by atoms with E-state index in [-0.39, 0.29) is 18.2 Å². The van der Waals surface area contributed by atoms with Crippen LogP contribution in [0.25, 0.3) is 0 Å². The Morgan fingerprint density at radius 3 is 2.95 bits per heavy atom. The van der Waals surface area contributed by atoms with Crippen molar-refractivity contribution in [2.24, 2.45) is 0 Å². The lowest BCUT2D eigenvalue weighted by molar-refractivity contribution is -0.127. The van der Waals surface area contributed by atoms with Gasteiger partial charge in [-0.15, -0.1) is 0 Å². The molecule has 1 atom stereocenters. The van der Waals surface area contributed by atoms with E-state index in [4.69, 9.17) is 0 Å². The number of thiophene rings is 1. The van der Waals surface area contributed by atoms with Gasteiger partial charge in [0, 0.05) is 25.7 Å². The fourth-order valence-electron chi connectivity index (χ4n) is 2.58. The van der Waals surface area contributed by atoms with Crippen molar-refractivity contribution in [2.45, 2.75) is 18.9 Å². The summed E-state index contributed by atoms with van der Waals surface area (Å²) in [6.45, 7) is 0.505. The summed E-state index contributed by atoms with van der Waals surface area (Å²) in [5.74, 6) is -0.511. The number of fused-ring (bicyclic) bond motifs is 1. The summed E-state index contributed by atoms with van der Waals surface area (Å²) in [6.07, 6.45) is 0.225. The van der Waals surface area contributed by atoms with Crippen LogP contribution in [0.5, 0.6) is 0 Å². The first kappa shape index (κ1) is 13.8. The van der Waals surface area contributed by atoms with E-state index >= 15 is 0 Å². The number of amides is 2.